The molecule has 0 radical (unpaired) electrons. The number of anilines is 2. The maximum absolute atomic E-state index is 10.5. The smallest absolute Gasteiger partial charge is 0.126 e. The minimum absolute atomic E-state index is 0.0657. The quantitative estimate of drug-likeness (QED) is 0.496. The molecule has 6 heteroatoms. The van der Waals surface area contributed by atoms with Gasteiger partial charge < -0.3 is 20.0 Å². The standard InChI is InChI=1S/C28H40N4O2/c1-19(2)31(5)23-13-11-21(27(33)15-23)17-29-25-9-7-8-10-26(25)30-18-22-12-14-24(16-28(22)34)32(6)20(3)4/h11-20,25-26,33-34H,7-10H2,1-6H3/t25-,26-/m1/s1. The van der Waals surface area contributed by atoms with Gasteiger partial charge in [0.25, 0.3) is 0 Å². The second kappa shape index (κ2) is 11.4. The molecule has 0 spiro atoms. The summed E-state index contributed by atoms with van der Waals surface area (Å²) in [7, 11) is 4.04. The van der Waals surface area contributed by atoms with E-state index in [2.05, 4.69) is 37.5 Å². The summed E-state index contributed by atoms with van der Waals surface area (Å²) in [5, 5.41) is 21.0. The molecule has 2 atom stereocenters. The second-order valence-electron chi connectivity index (χ2n) is 9.87. The van der Waals surface area contributed by atoms with E-state index in [1.54, 1.807) is 24.6 Å². The maximum atomic E-state index is 10.5. The third-order valence-electron chi connectivity index (χ3n) is 6.90. The summed E-state index contributed by atoms with van der Waals surface area (Å²) in [6, 6.07) is 12.3. The topological polar surface area (TPSA) is 71.7 Å². The van der Waals surface area contributed by atoms with Gasteiger partial charge in [0.05, 0.1) is 12.1 Å². The van der Waals surface area contributed by atoms with Crippen LogP contribution < -0.4 is 9.80 Å². The first kappa shape index (κ1) is 25.6. The van der Waals surface area contributed by atoms with Gasteiger partial charge in [-0.15, -0.1) is 0 Å². The molecule has 6 nitrogen and oxygen atoms in total. The van der Waals surface area contributed by atoms with Crippen molar-refractivity contribution in [1.82, 2.24) is 0 Å². The van der Waals surface area contributed by atoms with E-state index in [1.165, 1.54) is 0 Å². The molecule has 2 N–H and O–H groups in total. The molecule has 1 fully saturated rings. The average molecular weight is 465 g/mol. The number of nitrogens with zero attached hydrogens (tertiary/aromatic N) is 4. The van der Waals surface area contributed by atoms with Crippen LogP contribution in [-0.2, 0) is 0 Å². The van der Waals surface area contributed by atoms with Crippen molar-refractivity contribution in [3.05, 3.63) is 47.5 Å². The number of benzene rings is 2. The van der Waals surface area contributed by atoms with E-state index >= 15 is 0 Å². The van der Waals surface area contributed by atoms with Crippen LogP contribution in [0.4, 0.5) is 11.4 Å². The first-order valence-electron chi connectivity index (χ1n) is 12.4. The molecule has 2 aromatic rings. The lowest BCUT2D eigenvalue weighted by atomic mass is 9.91. The van der Waals surface area contributed by atoms with Crippen LogP contribution >= 0.6 is 0 Å². The second-order valence-corrected chi connectivity index (χ2v) is 9.87. The van der Waals surface area contributed by atoms with Gasteiger partial charge in [0.15, 0.2) is 0 Å². The van der Waals surface area contributed by atoms with Crippen molar-refractivity contribution >= 4 is 23.8 Å². The van der Waals surface area contributed by atoms with Crippen molar-refractivity contribution in [2.24, 2.45) is 9.98 Å². The number of rotatable bonds is 8. The molecule has 34 heavy (non-hydrogen) atoms. The van der Waals surface area contributed by atoms with Crippen molar-refractivity contribution in [2.75, 3.05) is 23.9 Å². The van der Waals surface area contributed by atoms with Crippen LogP contribution in [-0.4, -0.2) is 60.9 Å². The van der Waals surface area contributed by atoms with Crippen molar-refractivity contribution in [3.63, 3.8) is 0 Å². The highest BCUT2D eigenvalue weighted by Gasteiger charge is 2.23. The molecule has 0 aromatic heterocycles. The Morgan fingerprint density at radius 1 is 0.735 bits per heavy atom. The fourth-order valence-electron chi connectivity index (χ4n) is 4.11. The number of phenolic OH excluding ortho intramolecular Hbond substituents is 2. The molecule has 0 bridgehead atoms. The Labute approximate surface area is 204 Å². The van der Waals surface area contributed by atoms with Gasteiger partial charge >= 0.3 is 0 Å². The lowest BCUT2D eigenvalue weighted by molar-refractivity contribution is 0.390. The molecule has 0 aliphatic heterocycles. The predicted octanol–water partition coefficient (Wildman–Crippen LogP) is 5.64. The number of aromatic hydroxyl groups is 2. The zero-order valence-electron chi connectivity index (χ0n) is 21.4. The Hall–Kier alpha value is -3.02. The SMILES string of the molecule is CC(C)N(C)c1ccc(C=N[C@@H]2CCCC[C@H]2N=Cc2ccc(N(C)C(C)C)cc2O)c(O)c1. The Bertz CT molecular complexity index is 934. The average Bonchev–Trinajstić information content (AvgIpc) is 2.81. The van der Waals surface area contributed by atoms with Crippen molar-refractivity contribution in [3.8, 4) is 11.5 Å². The summed E-state index contributed by atoms with van der Waals surface area (Å²) < 4.78 is 0. The van der Waals surface area contributed by atoms with E-state index in [0.29, 0.717) is 12.1 Å². The Balaban J connectivity index is 1.73. The first-order chi connectivity index (χ1) is 16.2. The van der Waals surface area contributed by atoms with Crippen LogP contribution in [0.2, 0.25) is 0 Å². The molecular formula is C28H40N4O2. The van der Waals surface area contributed by atoms with Crippen molar-refractivity contribution < 1.29 is 10.2 Å². The number of hydrogen-bond acceptors (Lipinski definition) is 6. The molecule has 0 unspecified atom stereocenters. The van der Waals surface area contributed by atoms with E-state index in [1.807, 2.05) is 38.4 Å². The van der Waals surface area contributed by atoms with Gasteiger partial charge in [-0.2, -0.15) is 0 Å². The fourth-order valence-corrected chi connectivity index (χ4v) is 4.11. The third-order valence-corrected chi connectivity index (χ3v) is 6.90. The number of aliphatic imine (C=N–C) groups is 2. The molecule has 184 valence electrons. The summed E-state index contributed by atoms with van der Waals surface area (Å²) in [5.74, 6) is 0.474. The molecule has 1 saturated carbocycles. The normalized spacial score (nSPS) is 18.9. The summed E-state index contributed by atoms with van der Waals surface area (Å²) in [5.41, 5.74) is 3.40. The minimum atomic E-state index is 0.0657. The van der Waals surface area contributed by atoms with E-state index < -0.39 is 0 Å². The molecule has 1 aliphatic carbocycles. The van der Waals surface area contributed by atoms with Gasteiger partial charge in [-0.25, -0.2) is 0 Å². The summed E-state index contributed by atoms with van der Waals surface area (Å²) in [6.45, 7) is 8.48. The van der Waals surface area contributed by atoms with Crippen LogP contribution in [0.1, 0.15) is 64.5 Å². The highest BCUT2D eigenvalue weighted by molar-refractivity contribution is 5.85. The maximum Gasteiger partial charge on any atom is 0.126 e. The number of hydrogen-bond donors (Lipinski definition) is 2. The molecule has 0 amide bonds. The van der Waals surface area contributed by atoms with Crippen LogP contribution in [0.15, 0.2) is 46.4 Å². The fraction of sp³-hybridized carbons (Fsp3) is 0.500. The Kier molecular flexibility index (Phi) is 8.59. The van der Waals surface area contributed by atoms with E-state index in [0.717, 1.165) is 48.2 Å². The monoisotopic (exact) mass is 464 g/mol. The molecule has 2 aromatic carbocycles. The molecule has 0 saturated heterocycles. The van der Waals surface area contributed by atoms with Gasteiger partial charge in [-0.1, -0.05) is 12.8 Å². The summed E-state index contributed by atoms with van der Waals surface area (Å²) in [6.07, 6.45) is 7.75. The zero-order valence-corrected chi connectivity index (χ0v) is 21.4. The van der Waals surface area contributed by atoms with E-state index in [4.69, 9.17) is 9.98 Å². The number of phenols is 2. The predicted molar refractivity (Wildman–Crippen MR) is 145 cm³/mol. The van der Waals surface area contributed by atoms with Gasteiger partial charge in [0.1, 0.15) is 11.5 Å². The summed E-state index contributed by atoms with van der Waals surface area (Å²) in [4.78, 5) is 13.9. The molecule has 1 aliphatic rings. The lowest BCUT2D eigenvalue weighted by Crippen LogP contribution is -2.27. The lowest BCUT2D eigenvalue weighted by Gasteiger charge is -2.26. The van der Waals surface area contributed by atoms with Gasteiger partial charge in [0.2, 0.25) is 0 Å². The highest BCUT2D eigenvalue weighted by Crippen LogP contribution is 2.28. The van der Waals surface area contributed by atoms with Gasteiger partial charge in [0, 0.05) is 73.2 Å². The Morgan fingerprint density at radius 2 is 1.12 bits per heavy atom. The Morgan fingerprint density at radius 3 is 1.44 bits per heavy atom. The van der Waals surface area contributed by atoms with Crippen LogP contribution in [0.5, 0.6) is 11.5 Å². The first-order valence-corrected chi connectivity index (χ1v) is 12.4. The van der Waals surface area contributed by atoms with Gasteiger partial charge in [-0.3, -0.25) is 9.98 Å². The van der Waals surface area contributed by atoms with Crippen LogP contribution in [0, 0.1) is 0 Å². The van der Waals surface area contributed by atoms with Crippen molar-refractivity contribution in [2.45, 2.75) is 77.5 Å². The summed E-state index contributed by atoms with van der Waals surface area (Å²) >= 11 is 0. The highest BCUT2D eigenvalue weighted by atomic mass is 16.3. The van der Waals surface area contributed by atoms with Crippen LogP contribution in [0.3, 0.4) is 0 Å². The molecular weight excluding hydrogens is 424 g/mol. The van der Waals surface area contributed by atoms with Crippen LogP contribution in [0.25, 0.3) is 0 Å². The molecule has 3 rings (SSSR count). The van der Waals surface area contributed by atoms with E-state index in [9.17, 15) is 10.2 Å². The van der Waals surface area contributed by atoms with Crippen molar-refractivity contribution in [1.29, 1.82) is 0 Å². The van der Waals surface area contributed by atoms with Gasteiger partial charge in [-0.05, 0) is 64.8 Å². The molecule has 0 heterocycles. The zero-order chi connectivity index (χ0) is 24.8. The van der Waals surface area contributed by atoms with E-state index in [-0.39, 0.29) is 23.6 Å². The largest absolute Gasteiger partial charge is 0.507 e. The third kappa shape index (κ3) is 6.31. The minimum Gasteiger partial charge on any atom is -0.507 e.